The third kappa shape index (κ3) is 2.97. The Hall–Kier alpha value is -0.570. The van der Waals surface area contributed by atoms with Crippen LogP contribution < -0.4 is 0 Å². The van der Waals surface area contributed by atoms with E-state index in [9.17, 15) is 9.90 Å². The zero-order valence-electron chi connectivity index (χ0n) is 10.0. The number of carbonyl (C=O) groups is 1. The van der Waals surface area contributed by atoms with Crippen LogP contribution in [0.2, 0.25) is 0 Å². The number of hydrogen-bond donors (Lipinski definition) is 1. The molecule has 1 N–H and O–H groups in total. The molecule has 0 aromatic heterocycles. The van der Waals surface area contributed by atoms with E-state index < -0.39 is 5.97 Å². The Labute approximate surface area is 97.8 Å². The lowest BCUT2D eigenvalue weighted by Crippen LogP contribution is -2.40. The summed E-state index contributed by atoms with van der Waals surface area (Å²) in [5, 5.41) is 9.32. The van der Waals surface area contributed by atoms with Gasteiger partial charge in [0.05, 0.1) is 0 Å². The quantitative estimate of drug-likeness (QED) is 0.799. The minimum Gasteiger partial charge on any atom is -0.480 e. The van der Waals surface area contributed by atoms with Crippen LogP contribution in [-0.4, -0.2) is 35.1 Å². The van der Waals surface area contributed by atoms with Crippen LogP contribution in [0, 0.1) is 5.92 Å². The average Bonchev–Trinajstić information content (AvgIpc) is 2.80. The van der Waals surface area contributed by atoms with Gasteiger partial charge in [0.25, 0.3) is 0 Å². The summed E-state index contributed by atoms with van der Waals surface area (Å²) in [5.41, 5.74) is 0. The molecule has 1 saturated carbocycles. The van der Waals surface area contributed by atoms with Crippen LogP contribution in [0.3, 0.4) is 0 Å². The molecule has 2 rings (SSSR count). The van der Waals surface area contributed by atoms with Crippen molar-refractivity contribution in [2.75, 3.05) is 13.1 Å². The molecule has 1 aliphatic carbocycles. The third-order valence-electron chi connectivity index (χ3n) is 4.15. The highest BCUT2D eigenvalue weighted by molar-refractivity contribution is 5.73. The van der Waals surface area contributed by atoms with Crippen LogP contribution in [0.25, 0.3) is 0 Å². The van der Waals surface area contributed by atoms with E-state index >= 15 is 0 Å². The molecule has 0 aromatic carbocycles. The van der Waals surface area contributed by atoms with Gasteiger partial charge in [-0.3, -0.25) is 9.69 Å². The molecule has 16 heavy (non-hydrogen) atoms. The SMILES string of the molecule is O=C(O)C(CC1CCCCC1)N1CCCC1. The normalized spacial score (nSPS) is 25.8. The van der Waals surface area contributed by atoms with Gasteiger partial charge in [-0.2, -0.15) is 0 Å². The first-order chi connectivity index (χ1) is 7.77. The zero-order valence-corrected chi connectivity index (χ0v) is 10.0. The van der Waals surface area contributed by atoms with E-state index in [2.05, 4.69) is 4.90 Å². The first-order valence-electron chi connectivity index (χ1n) is 6.74. The fraction of sp³-hybridized carbons (Fsp3) is 0.923. The van der Waals surface area contributed by atoms with E-state index in [1.54, 1.807) is 0 Å². The molecule has 3 heteroatoms. The van der Waals surface area contributed by atoms with Crippen molar-refractivity contribution < 1.29 is 9.90 Å². The van der Waals surface area contributed by atoms with Gasteiger partial charge >= 0.3 is 5.97 Å². The number of likely N-dealkylation sites (tertiary alicyclic amines) is 1. The molecule has 2 aliphatic rings. The maximum absolute atomic E-state index is 11.3. The van der Waals surface area contributed by atoms with Crippen LogP contribution in [-0.2, 0) is 4.79 Å². The van der Waals surface area contributed by atoms with Crippen LogP contribution in [0.15, 0.2) is 0 Å². The average molecular weight is 225 g/mol. The number of carboxylic acids is 1. The molecular weight excluding hydrogens is 202 g/mol. The lowest BCUT2D eigenvalue weighted by Gasteiger charge is -2.29. The fourth-order valence-electron chi connectivity index (χ4n) is 3.20. The lowest BCUT2D eigenvalue weighted by atomic mass is 9.84. The highest BCUT2D eigenvalue weighted by Gasteiger charge is 2.30. The number of aliphatic carboxylic acids is 1. The van der Waals surface area contributed by atoms with Gasteiger partial charge in [-0.15, -0.1) is 0 Å². The summed E-state index contributed by atoms with van der Waals surface area (Å²) in [4.78, 5) is 13.5. The molecule has 0 amide bonds. The Morgan fingerprint density at radius 2 is 1.75 bits per heavy atom. The van der Waals surface area contributed by atoms with E-state index in [-0.39, 0.29) is 6.04 Å². The zero-order chi connectivity index (χ0) is 11.4. The van der Waals surface area contributed by atoms with Crippen LogP contribution in [0.5, 0.6) is 0 Å². The molecule has 0 radical (unpaired) electrons. The van der Waals surface area contributed by atoms with Crippen molar-refractivity contribution in [2.45, 2.75) is 57.4 Å². The Bertz CT molecular complexity index is 230. The predicted octanol–water partition coefficient (Wildman–Crippen LogP) is 2.51. The van der Waals surface area contributed by atoms with Crippen LogP contribution >= 0.6 is 0 Å². The summed E-state index contributed by atoms with van der Waals surface area (Å²) in [7, 11) is 0. The number of hydrogen-bond acceptors (Lipinski definition) is 2. The van der Waals surface area contributed by atoms with Crippen molar-refractivity contribution in [3.05, 3.63) is 0 Å². The standard InChI is InChI=1S/C13H23NO2/c15-13(16)12(14-8-4-5-9-14)10-11-6-2-1-3-7-11/h11-12H,1-10H2,(H,15,16). The Morgan fingerprint density at radius 1 is 1.12 bits per heavy atom. The number of nitrogens with zero attached hydrogens (tertiary/aromatic N) is 1. The van der Waals surface area contributed by atoms with Crippen LogP contribution in [0.4, 0.5) is 0 Å². The topological polar surface area (TPSA) is 40.5 Å². The number of rotatable bonds is 4. The van der Waals surface area contributed by atoms with Crippen molar-refractivity contribution in [1.82, 2.24) is 4.90 Å². The molecule has 1 heterocycles. The molecule has 0 bridgehead atoms. The summed E-state index contributed by atoms with van der Waals surface area (Å²) in [6, 6.07) is -0.203. The Kier molecular flexibility index (Phi) is 4.22. The highest BCUT2D eigenvalue weighted by atomic mass is 16.4. The minimum atomic E-state index is -0.604. The maximum Gasteiger partial charge on any atom is 0.320 e. The largest absolute Gasteiger partial charge is 0.480 e. The van der Waals surface area contributed by atoms with Crippen molar-refractivity contribution in [2.24, 2.45) is 5.92 Å². The molecule has 2 fully saturated rings. The summed E-state index contributed by atoms with van der Waals surface area (Å²) >= 11 is 0. The molecule has 1 saturated heterocycles. The van der Waals surface area contributed by atoms with Gasteiger partial charge in [-0.05, 0) is 38.3 Å². The maximum atomic E-state index is 11.3. The van der Waals surface area contributed by atoms with Gasteiger partial charge in [0.2, 0.25) is 0 Å². The predicted molar refractivity (Wildman–Crippen MR) is 63.4 cm³/mol. The second-order valence-electron chi connectivity index (χ2n) is 5.34. The van der Waals surface area contributed by atoms with Gasteiger partial charge in [0.15, 0.2) is 0 Å². The van der Waals surface area contributed by atoms with E-state index in [1.165, 1.54) is 44.9 Å². The van der Waals surface area contributed by atoms with Gasteiger partial charge in [-0.1, -0.05) is 32.1 Å². The van der Waals surface area contributed by atoms with E-state index in [4.69, 9.17) is 0 Å². The van der Waals surface area contributed by atoms with Crippen molar-refractivity contribution in [3.8, 4) is 0 Å². The Balaban J connectivity index is 1.88. The minimum absolute atomic E-state index is 0.203. The van der Waals surface area contributed by atoms with Gasteiger partial charge in [0.1, 0.15) is 6.04 Å². The van der Waals surface area contributed by atoms with E-state index in [1.807, 2.05) is 0 Å². The van der Waals surface area contributed by atoms with Crippen molar-refractivity contribution >= 4 is 5.97 Å². The number of carboxylic acid groups (broad SMARTS) is 1. The van der Waals surface area contributed by atoms with E-state index in [0.29, 0.717) is 5.92 Å². The molecule has 1 aliphatic heterocycles. The van der Waals surface area contributed by atoms with Crippen LogP contribution in [0.1, 0.15) is 51.4 Å². The Morgan fingerprint density at radius 3 is 2.31 bits per heavy atom. The molecule has 1 unspecified atom stereocenters. The molecule has 92 valence electrons. The molecule has 3 nitrogen and oxygen atoms in total. The summed E-state index contributed by atoms with van der Waals surface area (Å²) in [5.74, 6) is 0.0583. The van der Waals surface area contributed by atoms with Crippen molar-refractivity contribution in [1.29, 1.82) is 0 Å². The summed E-state index contributed by atoms with van der Waals surface area (Å²) < 4.78 is 0. The third-order valence-corrected chi connectivity index (χ3v) is 4.15. The van der Waals surface area contributed by atoms with E-state index in [0.717, 1.165) is 19.5 Å². The summed E-state index contributed by atoms with van der Waals surface area (Å²) in [6.07, 6.45) is 9.68. The molecule has 0 spiro atoms. The first kappa shape index (κ1) is 11.9. The van der Waals surface area contributed by atoms with Gasteiger partial charge in [-0.25, -0.2) is 0 Å². The smallest absolute Gasteiger partial charge is 0.320 e. The first-order valence-corrected chi connectivity index (χ1v) is 6.74. The van der Waals surface area contributed by atoms with Gasteiger partial charge < -0.3 is 5.11 Å². The molecule has 0 aromatic rings. The molecular formula is C13H23NO2. The molecule has 1 atom stereocenters. The second-order valence-corrected chi connectivity index (χ2v) is 5.34. The second kappa shape index (κ2) is 5.67. The highest BCUT2D eigenvalue weighted by Crippen LogP contribution is 2.29. The monoisotopic (exact) mass is 225 g/mol. The lowest BCUT2D eigenvalue weighted by molar-refractivity contribution is -0.143. The fourth-order valence-corrected chi connectivity index (χ4v) is 3.20. The summed E-state index contributed by atoms with van der Waals surface area (Å²) in [6.45, 7) is 1.98. The van der Waals surface area contributed by atoms with Gasteiger partial charge in [0, 0.05) is 0 Å². The van der Waals surface area contributed by atoms with Crippen molar-refractivity contribution in [3.63, 3.8) is 0 Å².